The average Bonchev–Trinajstić information content (AvgIpc) is 2.73. The zero-order valence-electron chi connectivity index (χ0n) is 16.1. The van der Waals surface area contributed by atoms with E-state index >= 15 is 0 Å². The SMILES string of the molecule is Nc1ccc(C(=O)Oc2c(-c3ccc(O)c(O)c3)oc3cc(O)cc(O)c3c2=O)cc1O. The van der Waals surface area contributed by atoms with Gasteiger partial charge in [0.15, 0.2) is 17.3 Å². The highest BCUT2D eigenvalue weighted by Crippen LogP contribution is 2.38. The van der Waals surface area contributed by atoms with Crippen molar-refractivity contribution in [1.29, 1.82) is 0 Å². The Hall–Kier alpha value is -4.86. The van der Waals surface area contributed by atoms with Crippen LogP contribution in [0.3, 0.4) is 0 Å². The van der Waals surface area contributed by atoms with E-state index in [1.54, 1.807) is 0 Å². The number of phenols is 5. The first-order valence-electron chi connectivity index (χ1n) is 9.01. The van der Waals surface area contributed by atoms with Crippen molar-refractivity contribution in [2.24, 2.45) is 0 Å². The van der Waals surface area contributed by atoms with Gasteiger partial charge in [-0.2, -0.15) is 0 Å². The monoisotopic (exact) mass is 437 g/mol. The summed E-state index contributed by atoms with van der Waals surface area (Å²) in [5, 5.41) is 48.7. The van der Waals surface area contributed by atoms with E-state index in [0.29, 0.717) is 0 Å². The molecule has 10 nitrogen and oxygen atoms in total. The van der Waals surface area contributed by atoms with Gasteiger partial charge in [0.25, 0.3) is 0 Å². The summed E-state index contributed by atoms with van der Waals surface area (Å²) in [7, 11) is 0. The zero-order chi connectivity index (χ0) is 23.2. The highest BCUT2D eigenvalue weighted by molar-refractivity contribution is 5.95. The zero-order valence-corrected chi connectivity index (χ0v) is 16.1. The van der Waals surface area contributed by atoms with Gasteiger partial charge in [0.05, 0.1) is 11.3 Å². The Morgan fingerprint density at radius 1 is 0.844 bits per heavy atom. The molecule has 0 aliphatic heterocycles. The van der Waals surface area contributed by atoms with Crippen molar-refractivity contribution in [1.82, 2.24) is 0 Å². The van der Waals surface area contributed by atoms with Gasteiger partial charge in [-0.1, -0.05) is 0 Å². The van der Waals surface area contributed by atoms with Gasteiger partial charge >= 0.3 is 5.97 Å². The third kappa shape index (κ3) is 3.45. The second-order valence-electron chi connectivity index (χ2n) is 6.79. The van der Waals surface area contributed by atoms with Gasteiger partial charge in [0.2, 0.25) is 11.2 Å². The lowest BCUT2D eigenvalue weighted by atomic mass is 10.1. The molecule has 32 heavy (non-hydrogen) atoms. The van der Waals surface area contributed by atoms with Crippen LogP contribution in [-0.2, 0) is 0 Å². The molecule has 0 atom stereocenters. The normalized spacial score (nSPS) is 10.9. The molecule has 0 bridgehead atoms. The summed E-state index contributed by atoms with van der Waals surface area (Å²) in [5.41, 5.74) is 4.29. The summed E-state index contributed by atoms with van der Waals surface area (Å²) in [6.45, 7) is 0. The molecule has 10 heteroatoms. The molecule has 0 unspecified atom stereocenters. The average molecular weight is 437 g/mol. The largest absolute Gasteiger partial charge is 0.508 e. The Bertz CT molecular complexity index is 1460. The molecule has 0 spiro atoms. The molecular formula is C22H15NO9. The summed E-state index contributed by atoms with van der Waals surface area (Å²) in [4.78, 5) is 25.8. The molecule has 7 N–H and O–H groups in total. The van der Waals surface area contributed by atoms with E-state index in [4.69, 9.17) is 14.9 Å². The molecular weight excluding hydrogens is 422 g/mol. The molecule has 0 aliphatic carbocycles. The molecule has 0 fully saturated rings. The maximum atomic E-state index is 13.1. The molecule has 162 valence electrons. The van der Waals surface area contributed by atoms with Crippen molar-refractivity contribution < 1.29 is 39.5 Å². The van der Waals surface area contributed by atoms with Crippen molar-refractivity contribution in [3.05, 3.63) is 64.3 Å². The number of nitrogen functional groups attached to an aromatic ring is 1. The number of carbonyl (C=O) groups excluding carboxylic acids is 1. The summed E-state index contributed by atoms with van der Waals surface area (Å²) in [6, 6.07) is 9.03. The number of phenolic OH excluding ortho intramolecular Hbond substituents is 5. The van der Waals surface area contributed by atoms with Crippen LogP contribution in [0.2, 0.25) is 0 Å². The van der Waals surface area contributed by atoms with Crippen molar-refractivity contribution in [2.45, 2.75) is 0 Å². The number of hydrogen-bond donors (Lipinski definition) is 6. The molecule has 3 aromatic carbocycles. The number of nitrogens with two attached hydrogens (primary N) is 1. The fourth-order valence-electron chi connectivity index (χ4n) is 3.04. The summed E-state index contributed by atoms with van der Waals surface area (Å²) in [6.07, 6.45) is 0. The quantitative estimate of drug-likeness (QED) is 0.158. The predicted molar refractivity (Wildman–Crippen MR) is 112 cm³/mol. The number of esters is 1. The summed E-state index contributed by atoms with van der Waals surface area (Å²) >= 11 is 0. The highest BCUT2D eigenvalue weighted by Gasteiger charge is 2.24. The van der Waals surface area contributed by atoms with E-state index in [9.17, 15) is 35.1 Å². The first-order chi connectivity index (χ1) is 15.2. The second-order valence-corrected chi connectivity index (χ2v) is 6.79. The molecule has 4 rings (SSSR count). The number of anilines is 1. The van der Waals surface area contributed by atoms with Crippen LogP contribution < -0.4 is 15.9 Å². The van der Waals surface area contributed by atoms with Crippen LogP contribution in [0.4, 0.5) is 5.69 Å². The smallest absolute Gasteiger partial charge is 0.343 e. The van der Waals surface area contributed by atoms with E-state index in [0.717, 1.165) is 30.3 Å². The van der Waals surface area contributed by atoms with Gasteiger partial charge in [-0.25, -0.2) is 4.79 Å². The van der Waals surface area contributed by atoms with Gasteiger partial charge in [-0.3, -0.25) is 4.79 Å². The van der Waals surface area contributed by atoms with Crippen LogP contribution in [0.15, 0.2) is 57.7 Å². The minimum atomic E-state index is -1.05. The van der Waals surface area contributed by atoms with E-state index in [-0.39, 0.29) is 45.0 Å². The first-order valence-corrected chi connectivity index (χ1v) is 9.01. The molecule has 0 radical (unpaired) electrons. The van der Waals surface area contributed by atoms with E-state index < -0.39 is 34.4 Å². The molecule has 1 heterocycles. The molecule has 0 saturated heterocycles. The lowest BCUT2D eigenvalue weighted by Gasteiger charge is -2.12. The summed E-state index contributed by atoms with van der Waals surface area (Å²) in [5.74, 6) is -4.36. The van der Waals surface area contributed by atoms with Gasteiger partial charge in [-0.15, -0.1) is 0 Å². The molecule has 1 aromatic heterocycles. The number of benzene rings is 3. The maximum absolute atomic E-state index is 13.1. The lowest BCUT2D eigenvalue weighted by Crippen LogP contribution is -2.16. The second kappa shape index (κ2) is 7.43. The van der Waals surface area contributed by atoms with Crippen molar-refractivity contribution in [2.75, 3.05) is 5.73 Å². The number of aromatic hydroxyl groups is 5. The topological polar surface area (TPSA) is 184 Å². The van der Waals surface area contributed by atoms with Crippen molar-refractivity contribution in [3.8, 4) is 45.8 Å². The maximum Gasteiger partial charge on any atom is 0.343 e. The standard InChI is InChI=1S/C22H15NO9/c23-12-3-1-10(6-14(12)26)22(30)32-21-19(29)18-16(28)7-11(24)8-17(18)31-20(21)9-2-4-13(25)15(27)5-9/h1-8,24-28H,23H2. The Labute approximate surface area is 178 Å². The van der Waals surface area contributed by atoms with E-state index in [1.165, 1.54) is 18.2 Å². The van der Waals surface area contributed by atoms with Crippen LogP contribution in [0.5, 0.6) is 34.5 Å². The van der Waals surface area contributed by atoms with Gasteiger partial charge in [-0.05, 0) is 36.4 Å². The van der Waals surface area contributed by atoms with E-state index in [2.05, 4.69) is 0 Å². The highest BCUT2D eigenvalue weighted by atomic mass is 16.5. The predicted octanol–water partition coefficient (Wildman–Crippen LogP) is 2.79. The Kier molecular flexibility index (Phi) is 4.74. The lowest BCUT2D eigenvalue weighted by molar-refractivity contribution is 0.0731. The fraction of sp³-hybridized carbons (Fsp3) is 0. The molecule has 0 saturated carbocycles. The third-order valence-electron chi connectivity index (χ3n) is 4.62. The van der Waals surface area contributed by atoms with Crippen LogP contribution in [-0.4, -0.2) is 31.5 Å². The van der Waals surface area contributed by atoms with Crippen molar-refractivity contribution >= 4 is 22.6 Å². The van der Waals surface area contributed by atoms with Crippen LogP contribution in [0.25, 0.3) is 22.3 Å². The minimum absolute atomic E-state index is 0.0248. The third-order valence-corrected chi connectivity index (χ3v) is 4.62. The van der Waals surface area contributed by atoms with Gasteiger partial charge in [0, 0.05) is 17.7 Å². The molecule has 0 amide bonds. The molecule has 0 aliphatic rings. The summed E-state index contributed by atoms with van der Waals surface area (Å²) < 4.78 is 10.9. The number of carbonyl (C=O) groups is 1. The van der Waals surface area contributed by atoms with Gasteiger partial charge in [0.1, 0.15) is 28.2 Å². The molecule has 4 aromatic rings. The number of hydrogen-bond acceptors (Lipinski definition) is 10. The number of fused-ring (bicyclic) bond motifs is 1. The van der Waals surface area contributed by atoms with Crippen LogP contribution in [0, 0.1) is 0 Å². The van der Waals surface area contributed by atoms with Crippen LogP contribution >= 0.6 is 0 Å². The number of ether oxygens (including phenoxy) is 1. The number of rotatable bonds is 3. The van der Waals surface area contributed by atoms with Crippen molar-refractivity contribution in [3.63, 3.8) is 0 Å². The van der Waals surface area contributed by atoms with Crippen LogP contribution in [0.1, 0.15) is 10.4 Å². The minimum Gasteiger partial charge on any atom is -0.508 e. The first kappa shape index (κ1) is 20.4. The fourth-order valence-corrected chi connectivity index (χ4v) is 3.04. The Balaban J connectivity index is 1.95. The van der Waals surface area contributed by atoms with E-state index in [1.807, 2.05) is 0 Å². The Morgan fingerprint density at radius 2 is 1.59 bits per heavy atom. The van der Waals surface area contributed by atoms with Gasteiger partial charge < -0.3 is 40.4 Å². The Morgan fingerprint density at radius 3 is 2.28 bits per heavy atom.